The summed E-state index contributed by atoms with van der Waals surface area (Å²) in [4.78, 5) is 13.3. The minimum atomic E-state index is -3.63. The molecule has 1 atom stereocenters. The van der Waals surface area contributed by atoms with Crippen LogP contribution in [0.1, 0.15) is 87.2 Å². The van der Waals surface area contributed by atoms with E-state index in [1.165, 1.54) is 6.07 Å². The second-order valence-electron chi connectivity index (χ2n) is 9.06. The highest BCUT2D eigenvalue weighted by atomic mass is 32.2. The van der Waals surface area contributed by atoms with Gasteiger partial charge in [-0.25, -0.2) is 8.42 Å². The molecule has 0 radical (unpaired) electrons. The van der Waals surface area contributed by atoms with Crippen LogP contribution in [-0.4, -0.2) is 31.2 Å². The van der Waals surface area contributed by atoms with Crippen LogP contribution in [0.4, 0.5) is 5.69 Å². The highest BCUT2D eigenvalue weighted by Crippen LogP contribution is 2.33. The second kappa shape index (κ2) is 9.53. The van der Waals surface area contributed by atoms with Crippen molar-refractivity contribution in [2.24, 2.45) is 0 Å². The van der Waals surface area contributed by atoms with Crippen LogP contribution < -0.4 is 5.32 Å². The molecule has 168 valence electrons. The van der Waals surface area contributed by atoms with E-state index in [-0.39, 0.29) is 28.7 Å². The van der Waals surface area contributed by atoms with Crippen LogP contribution >= 0.6 is 0 Å². The standard InChI is InChI=1S/C25H34N2O3S/c1-17(2)22-13-9-14-23(18(3)4)24(22)26-25(28)20-11-8-12-21(16-20)31(29,30)27-15-7-6-10-19(27)5/h8-9,11-14,16-19H,6-7,10,15H2,1-5H3,(H,26,28). The first-order valence-electron chi connectivity index (χ1n) is 11.2. The van der Waals surface area contributed by atoms with Gasteiger partial charge >= 0.3 is 0 Å². The zero-order chi connectivity index (χ0) is 22.8. The molecule has 0 spiro atoms. The van der Waals surface area contributed by atoms with Gasteiger partial charge < -0.3 is 5.32 Å². The summed E-state index contributed by atoms with van der Waals surface area (Å²) in [6, 6.07) is 12.5. The number of piperidine rings is 1. The molecular weight excluding hydrogens is 408 g/mol. The number of anilines is 1. The van der Waals surface area contributed by atoms with Crippen LogP contribution in [0.2, 0.25) is 0 Å². The minimum Gasteiger partial charge on any atom is -0.321 e. The van der Waals surface area contributed by atoms with Gasteiger partial charge in [0.1, 0.15) is 0 Å². The van der Waals surface area contributed by atoms with Crippen molar-refractivity contribution in [3.8, 4) is 0 Å². The Labute approximate surface area is 186 Å². The summed E-state index contributed by atoms with van der Waals surface area (Å²) >= 11 is 0. The summed E-state index contributed by atoms with van der Waals surface area (Å²) in [6.45, 7) is 10.9. The molecule has 2 aromatic rings. The third-order valence-corrected chi connectivity index (χ3v) is 8.07. The first-order valence-corrected chi connectivity index (χ1v) is 12.6. The van der Waals surface area contributed by atoms with Gasteiger partial charge in [-0.3, -0.25) is 4.79 Å². The van der Waals surface area contributed by atoms with Crippen molar-refractivity contribution >= 4 is 21.6 Å². The Morgan fingerprint density at radius 2 is 1.61 bits per heavy atom. The number of nitrogens with zero attached hydrogens (tertiary/aromatic N) is 1. The molecule has 5 nitrogen and oxygen atoms in total. The van der Waals surface area contributed by atoms with Gasteiger partial charge in [0.05, 0.1) is 4.90 Å². The number of hydrogen-bond acceptors (Lipinski definition) is 3. The molecule has 0 aliphatic carbocycles. The highest BCUT2D eigenvalue weighted by molar-refractivity contribution is 7.89. The predicted molar refractivity (Wildman–Crippen MR) is 126 cm³/mol. The molecule has 3 rings (SSSR count). The SMILES string of the molecule is CC(C)c1cccc(C(C)C)c1NC(=O)c1cccc(S(=O)(=O)N2CCCCC2C)c1. The van der Waals surface area contributed by atoms with Gasteiger partial charge in [0.25, 0.3) is 5.91 Å². The van der Waals surface area contributed by atoms with E-state index in [0.717, 1.165) is 36.1 Å². The van der Waals surface area contributed by atoms with Crippen LogP contribution in [0.25, 0.3) is 0 Å². The Balaban J connectivity index is 1.93. The van der Waals surface area contributed by atoms with Gasteiger partial charge in [0, 0.05) is 23.8 Å². The largest absolute Gasteiger partial charge is 0.321 e. The normalized spacial score (nSPS) is 17.8. The number of sulfonamides is 1. The first-order chi connectivity index (χ1) is 14.6. The van der Waals surface area contributed by atoms with Crippen molar-refractivity contribution in [3.05, 3.63) is 59.2 Å². The van der Waals surface area contributed by atoms with Gasteiger partial charge in [-0.1, -0.05) is 58.4 Å². The molecule has 6 heteroatoms. The van der Waals surface area contributed by atoms with E-state index < -0.39 is 10.0 Å². The number of rotatable bonds is 6. The number of carbonyl (C=O) groups is 1. The number of amides is 1. The van der Waals surface area contributed by atoms with Crippen molar-refractivity contribution < 1.29 is 13.2 Å². The molecule has 31 heavy (non-hydrogen) atoms. The van der Waals surface area contributed by atoms with E-state index in [4.69, 9.17) is 0 Å². The molecule has 1 saturated heterocycles. The molecule has 2 aromatic carbocycles. The molecule has 0 aromatic heterocycles. The molecule has 1 N–H and O–H groups in total. The van der Waals surface area contributed by atoms with Gasteiger partial charge in [-0.15, -0.1) is 0 Å². The first kappa shape index (κ1) is 23.5. The lowest BCUT2D eigenvalue weighted by molar-refractivity contribution is 0.102. The number of nitrogens with one attached hydrogen (secondary N) is 1. The molecule has 0 saturated carbocycles. The fraction of sp³-hybridized carbons (Fsp3) is 0.480. The van der Waals surface area contributed by atoms with Crippen molar-refractivity contribution in [1.82, 2.24) is 4.31 Å². The van der Waals surface area contributed by atoms with Crippen LogP contribution in [0.5, 0.6) is 0 Å². The Morgan fingerprint density at radius 1 is 1.00 bits per heavy atom. The van der Waals surface area contributed by atoms with Gasteiger partial charge in [-0.05, 0) is 60.9 Å². The van der Waals surface area contributed by atoms with E-state index in [2.05, 4.69) is 33.0 Å². The third kappa shape index (κ3) is 5.01. The molecule has 1 amide bonds. The maximum Gasteiger partial charge on any atom is 0.255 e. The minimum absolute atomic E-state index is 0.0252. The van der Waals surface area contributed by atoms with E-state index >= 15 is 0 Å². The number of benzene rings is 2. The molecule has 1 aliphatic rings. The molecule has 0 bridgehead atoms. The highest BCUT2D eigenvalue weighted by Gasteiger charge is 2.31. The maximum atomic E-state index is 13.2. The fourth-order valence-corrected chi connectivity index (χ4v) is 5.99. The molecule has 1 aliphatic heterocycles. The molecule has 1 unspecified atom stereocenters. The lowest BCUT2D eigenvalue weighted by Gasteiger charge is -2.32. The molecule has 1 fully saturated rings. The summed E-state index contributed by atoms with van der Waals surface area (Å²) in [5, 5.41) is 3.08. The Hall–Kier alpha value is -2.18. The average Bonchev–Trinajstić information content (AvgIpc) is 2.73. The Kier molecular flexibility index (Phi) is 7.22. The topological polar surface area (TPSA) is 66.5 Å². The summed E-state index contributed by atoms with van der Waals surface area (Å²) < 4.78 is 28.0. The van der Waals surface area contributed by atoms with Crippen molar-refractivity contribution in [2.75, 3.05) is 11.9 Å². The van der Waals surface area contributed by atoms with E-state index in [0.29, 0.717) is 12.1 Å². The van der Waals surface area contributed by atoms with Crippen LogP contribution in [-0.2, 0) is 10.0 Å². The van der Waals surface area contributed by atoms with Crippen molar-refractivity contribution in [2.45, 2.75) is 76.7 Å². The summed E-state index contributed by atoms with van der Waals surface area (Å²) in [6.07, 6.45) is 2.78. The van der Waals surface area contributed by atoms with Crippen molar-refractivity contribution in [3.63, 3.8) is 0 Å². The molecular formula is C25H34N2O3S. The summed E-state index contributed by atoms with van der Waals surface area (Å²) in [5.74, 6) is 0.210. The number of hydrogen-bond donors (Lipinski definition) is 1. The fourth-order valence-electron chi connectivity index (χ4n) is 4.24. The zero-order valence-electron chi connectivity index (χ0n) is 19.2. The quantitative estimate of drug-likeness (QED) is 0.619. The summed E-state index contributed by atoms with van der Waals surface area (Å²) in [5.41, 5.74) is 3.32. The van der Waals surface area contributed by atoms with Crippen LogP contribution in [0, 0.1) is 0 Å². The zero-order valence-corrected chi connectivity index (χ0v) is 20.0. The van der Waals surface area contributed by atoms with Crippen molar-refractivity contribution in [1.29, 1.82) is 0 Å². The second-order valence-corrected chi connectivity index (χ2v) is 11.0. The van der Waals surface area contributed by atoms with Gasteiger partial charge in [0.2, 0.25) is 10.0 Å². The average molecular weight is 443 g/mol. The third-order valence-electron chi connectivity index (χ3n) is 6.06. The maximum absolute atomic E-state index is 13.2. The number of carbonyl (C=O) groups excluding carboxylic acids is 1. The lowest BCUT2D eigenvalue weighted by Crippen LogP contribution is -2.41. The van der Waals surface area contributed by atoms with Gasteiger partial charge in [-0.2, -0.15) is 4.31 Å². The Bertz CT molecular complexity index is 1020. The molecule has 1 heterocycles. The van der Waals surface area contributed by atoms with Crippen LogP contribution in [0.3, 0.4) is 0 Å². The monoisotopic (exact) mass is 442 g/mol. The van der Waals surface area contributed by atoms with E-state index in [1.54, 1.807) is 22.5 Å². The lowest BCUT2D eigenvalue weighted by atomic mass is 9.92. The van der Waals surface area contributed by atoms with Gasteiger partial charge in [0.15, 0.2) is 0 Å². The predicted octanol–water partition coefficient (Wildman–Crippen LogP) is 5.75. The number of para-hydroxylation sites is 1. The van der Waals surface area contributed by atoms with Crippen LogP contribution in [0.15, 0.2) is 47.4 Å². The summed E-state index contributed by atoms with van der Waals surface area (Å²) in [7, 11) is -3.63. The van der Waals surface area contributed by atoms with E-state index in [1.807, 2.05) is 25.1 Å². The smallest absolute Gasteiger partial charge is 0.255 e. The van der Waals surface area contributed by atoms with E-state index in [9.17, 15) is 13.2 Å². The Morgan fingerprint density at radius 3 is 2.19 bits per heavy atom.